The van der Waals surface area contributed by atoms with Crippen molar-refractivity contribution in [1.29, 1.82) is 0 Å². The van der Waals surface area contributed by atoms with Crippen LogP contribution < -0.4 is 10.1 Å². The first-order valence-electron chi connectivity index (χ1n) is 10.0. The lowest BCUT2D eigenvalue weighted by Crippen LogP contribution is -2.18. The van der Waals surface area contributed by atoms with Crippen LogP contribution in [0.2, 0.25) is 0 Å². The Balaban J connectivity index is 1.29. The molecule has 1 aliphatic carbocycles. The molecule has 7 nitrogen and oxygen atoms in total. The van der Waals surface area contributed by atoms with Crippen LogP contribution in [0.5, 0.6) is 5.75 Å². The van der Waals surface area contributed by atoms with E-state index in [-0.39, 0.29) is 12.3 Å². The molecule has 3 heterocycles. The van der Waals surface area contributed by atoms with Gasteiger partial charge in [-0.1, -0.05) is 24.4 Å². The number of nitrogens with one attached hydrogen (secondary N) is 1. The first-order chi connectivity index (χ1) is 14.3. The smallest absolute Gasteiger partial charge is 0.227 e. The molecule has 1 saturated carbocycles. The van der Waals surface area contributed by atoms with Crippen LogP contribution >= 0.6 is 11.3 Å². The molecule has 152 valence electrons. The molecule has 3 aromatic heterocycles. The van der Waals surface area contributed by atoms with E-state index < -0.39 is 0 Å². The molecular formula is C21H24N4O3S. The van der Waals surface area contributed by atoms with Gasteiger partial charge in [-0.3, -0.25) is 4.79 Å². The highest BCUT2D eigenvalue weighted by Gasteiger charge is 2.16. The normalized spacial score (nSPS) is 14.6. The maximum absolute atomic E-state index is 12.4. The van der Waals surface area contributed by atoms with E-state index in [4.69, 9.17) is 9.26 Å². The van der Waals surface area contributed by atoms with Crippen LogP contribution in [0.15, 0.2) is 39.7 Å². The number of pyridine rings is 1. The van der Waals surface area contributed by atoms with Crippen molar-refractivity contribution in [2.45, 2.75) is 44.9 Å². The summed E-state index contributed by atoms with van der Waals surface area (Å²) in [6.07, 6.45) is 8.52. The number of aryl methyl sites for hydroxylation is 1. The Morgan fingerprint density at radius 2 is 2.17 bits per heavy atom. The van der Waals surface area contributed by atoms with Gasteiger partial charge in [0.15, 0.2) is 11.6 Å². The van der Waals surface area contributed by atoms with Gasteiger partial charge >= 0.3 is 0 Å². The van der Waals surface area contributed by atoms with Crippen molar-refractivity contribution in [3.63, 3.8) is 0 Å². The topological polar surface area (TPSA) is 90.1 Å². The first kappa shape index (κ1) is 19.6. The summed E-state index contributed by atoms with van der Waals surface area (Å²) >= 11 is 1.57. The summed E-state index contributed by atoms with van der Waals surface area (Å²) in [5.41, 5.74) is 0.919. The second-order valence-corrected chi connectivity index (χ2v) is 8.02. The van der Waals surface area contributed by atoms with Gasteiger partial charge in [0.2, 0.25) is 17.6 Å². The molecule has 1 fully saturated rings. The van der Waals surface area contributed by atoms with Gasteiger partial charge in [-0.05, 0) is 42.3 Å². The van der Waals surface area contributed by atoms with Gasteiger partial charge < -0.3 is 14.6 Å². The van der Waals surface area contributed by atoms with Crippen LogP contribution in [0.25, 0.3) is 11.4 Å². The summed E-state index contributed by atoms with van der Waals surface area (Å²) in [5.74, 6) is 2.48. The molecule has 0 bridgehead atoms. The monoisotopic (exact) mass is 412 g/mol. The van der Waals surface area contributed by atoms with E-state index in [0.717, 1.165) is 5.56 Å². The molecule has 0 saturated heterocycles. The summed E-state index contributed by atoms with van der Waals surface area (Å²) in [7, 11) is 0. The Labute approximate surface area is 173 Å². The van der Waals surface area contributed by atoms with Crippen LogP contribution in [0.3, 0.4) is 0 Å². The molecule has 0 aliphatic heterocycles. The molecule has 0 spiro atoms. The number of carbonyl (C=O) groups excluding carboxylic acids is 1. The van der Waals surface area contributed by atoms with Crippen molar-refractivity contribution in [2.24, 2.45) is 5.92 Å². The molecule has 4 rings (SSSR count). The predicted octanol–water partition coefficient (Wildman–Crippen LogP) is 4.72. The van der Waals surface area contributed by atoms with E-state index in [0.29, 0.717) is 42.2 Å². The van der Waals surface area contributed by atoms with Crippen molar-refractivity contribution in [3.05, 3.63) is 41.0 Å². The third-order valence-corrected chi connectivity index (χ3v) is 5.72. The SMILES string of the molecule is O=C(CCc1nc(-c2ccsc2)no1)Nc1ncccc1OCC1CCCCC1. The lowest BCUT2D eigenvalue weighted by atomic mass is 9.90. The Bertz CT molecular complexity index is 920. The Morgan fingerprint density at radius 1 is 1.28 bits per heavy atom. The van der Waals surface area contributed by atoms with Gasteiger partial charge in [-0.25, -0.2) is 4.98 Å². The number of hydrogen-bond donors (Lipinski definition) is 1. The van der Waals surface area contributed by atoms with Crippen molar-refractivity contribution in [3.8, 4) is 17.1 Å². The van der Waals surface area contributed by atoms with Crippen LogP contribution in [-0.2, 0) is 11.2 Å². The average Bonchev–Trinajstić information content (AvgIpc) is 3.44. The van der Waals surface area contributed by atoms with Crippen molar-refractivity contribution >= 4 is 23.1 Å². The van der Waals surface area contributed by atoms with E-state index in [2.05, 4.69) is 20.4 Å². The van der Waals surface area contributed by atoms with E-state index >= 15 is 0 Å². The van der Waals surface area contributed by atoms with Crippen LogP contribution in [0.1, 0.15) is 44.4 Å². The van der Waals surface area contributed by atoms with Crippen molar-refractivity contribution < 1.29 is 14.1 Å². The summed E-state index contributed by atoms with van der Waals surface area (Å²) in [5, 5.41) is 10.7. The zero-order chi connectivity index (χ0) is 19.9. The van der Waals surface area contributed by atoms with Gasteiger partial charge in [-0.2, -0.15) is 16.3 Å². The van der Waals surface area contributed by atoms with Gasteiger partial charge in [0.1, 0.15) is 0 Å². The fourth-order valence-electron chi connectivity index (χ4n) is 3.44. The van der Waals surface area contributed by atoms with Gasteiger partial charge in [-0.15, -0.1) is 0 Å². The third-order valence-electron chi connectivity index (χ3n) is 5.04. The molecule has 8 heteroatoms. The van der Waals surface area contributed by atoms with E-state index in [9.17, 15) is 4.79 Å². The standard InChI is InChI=1S/C21H24N4O3S/c26-18(8-9-19-24-20(25-28-19)16-10-12-29-14-16)23-21-17(7-4-11-22-21)27-13-15-5-2-1-3-6-15/h4,7,10-12,14-15H,1-3,5-6,8-9,13H2,(H,22,23,26). The van der Waals surface area contributed by atoms with Gasteiger partial charge in [0, 0.05) is 30.0 Å². The molecule has 1 amide bonds. The second-order valence-electron chi connectivity index (χ2n) is 7.24. The highest BCUT2D eigenvalue weighted by Crippen LogP contribution is 2.27. The number of carbonyl (C=O) groups is 1. The number of ether oxygens (including phenoxy) is 1. The number of thiophene rings is 1. The number of amides is 1. The number of hydrogen-bond acceptors (Lipinski definition) is 7. The summed E-state index contributed by atoms with van der Waals surface area (Å²) in [6.45, 7) is 0.669. The molecular weight excluding hydrogens is 388 g/mol. The zero-order valence-electron chi connectivity index (χ0n) is 16.2. The molecule has 0 atom stereocenters. The third kappa shape index (κ3) is 5.41. The quantitative estimate of drug-likeness (QED) is 0.575. The van der Waals surface area contributed by atoms with Crippen molar-refractivity contribution in [2.75, 3.05) is 11.9 Å². The van der Waals surface area contributed by atoms with Crippen LogP contribution in [-0.4, -0.2) is 27.6 Å². The minimum atomic E-state index is -0.165. The number of rotatable bonds is 8. The lowest BCUT2D eigenvalue weighted by molar-refractivity contribution is -0.116. The minimum Gasteiger partial charge on any atom is -0.489 e. The minimum absolute atomic E-state index is 0.165. The summed E-state index contributed by atoms with van der Waals surface area (Å²) in [6, 6.07) is 5.59. The molecule has 0 unspecified atom stereocenters. The van der Waals surface area contributed by atoms with E-state index in [1.54, 1.807) is 17.5 Å². The van der Waals surface area contributed by atoms with E-state index in [1.165, 1.54) is 32.1 Å². The highest BCUT2D eigenvalue weighted by molar-refractivity contribution is 7.08. The average molecular weight is 413 g/mol. The fourth-order valence-corrected chi connectivity index (χ4v) is 4.08. The first-order valence-corrected chi connectivity index (χ1v) is 10.9. The maximum Gasteiger partial charge on any atom is 0.227 e. The molecule has 0 radical (unpaired) electrons. The fraction of sp³-hybridized carbons (Fsp3) is 0.429. The van der Waals surface area contributed by atoms with Crippen LogP contribution in [0, 0.1) is 5.92 Å². The molecule has 0 aromatic carbocycles. The van der Waals surface area contributed by atoms with Crippen molar-refractivity contribution in [1.82, 2.24) is 15.1 Å². The second kappa shape index (κ2) is 9.65. The lowest BCUT2D eigenvalue weighted by Gasteiger charge is -2.22. The number of nitrogens with zero attached hydrogens (tertiary/aromatic N) is 3. The molecule has 1 N–H and O–H groups in total. The van der Waals surface area contributed by atoms with E-state index in [1.807, 2.05) is 29.0 Å². The summed E-state index contributed by atoms with van der Waals surface area (Å²) < 4.78 is 11.2. The van der Waals surface area contributed by atoms with Gasteiger partial charge in [0.05, 0.1) is 6.61 Å². The highest BCUT2D eigenvalue weighted by atomic mass is 32.1. The molecule has 3 aromatic rings. The number of aromatic nitrogens is 3. The van der Waals surface area contributed by atoms with Crippen LogP contribution in [0.4, 0.5) is 5.82 Å². The number of anilines is 1. The molecule has 1 aliphatic rings. The predicted molar refractivity (Wildman–Crippen MR) is 111 cm³/mol. The Kier molecular flexibility index (Phi) is 6.51. The zero-order valence-corrected chi connectivity index (χ0v) is 17.0. The van der Waals surface area contributed by atoms with Gasteiger partial charge in [0.25, 0.3) is 0 Å². The Hall–Kier alpha value is -2.74. The maximum atomic E-state index is 12.4. The summed E-state index contributed by atoms with van der Waals surface area (Å²) in [4.78, 5) is 21.0. The molecule has 29 heavy (non-hydrogen) atoms. The Morgan fingerprint density at radius 3 is 3.00 bits per heavy atom. The largest absolute Gasteiger partial charge is 0.489 e.